The van der Waals surface area contributed by atoms with E-state index in [1.165, 1.54) is 0 Å². The quantitative estimate of drug-likeness (QED) is 0.801. The van der Waals surface area contributed by atoms with Gasteiger partial charge in [-0.15, -0.1) is 11.3 Å². The molecule has 0 radical (unpaired) electrons. The van der Waals surface area contributed by atoms with Gasteiger partial charge in [0.1, 0.15) is 0 Å². The third-order valence-corrected chi connectivity index (χ3v) is 3.66. The maximum Gasteiger partial charge on any atom is 0.240 e. The van der Waals surface area contributed by atoms with Gasteiger partial charge in [0, 0.05) is 11.9 Å². The number of rotatable bonds is 5. The Morgan fingerprint density at radius 2 is 2.18 bits per heavy atom. The Morgan fingerprint density at radius 3 is 2.65 bits per heavy atom. The van der Waals surface area contributed by atoms with E-state index in [0.717, 1.165) is 4.88 Å². The van der Waals surface area contributed by atoms with Gasteiger partial charge in [0.05, 0.1) is 18.5 Å². The van der Waals surface area contributed by atoms with Crippen LogP contribution in [0.4, 0.5) is 0 Å². The summed E-state index contributed by atoms with van der Waals surface area (Å²) >= 11 is 1.58. The predicted octanol–water partition coefficient (Wildman–Crippen LogP) is 0.470. The van der Waals surface area contributed by atoms with Gasteiger partial charge in [0.15, 0.2) is 0 Å². The molecule has 1 aromatic rings. The highest BCUT2D eigenvalue weighted by atomic mass is 32.1. The summed E-state index contributed by atoms with van der Waals surface area (Å²) in [5.74, 6) is -0.840. The van der Waals surface area contributed by atoms with Crippen LogP contribution in [0, 0.1) is 0 Å². The second-order valence-electron chi connectivity index (χ2n) is 3.92. The molecule has 4 N–H and O–H groups in total. The van der Waals surface area contributed by atoms with Crippen LogP contribution in [0.15, 0.2) is 17.5 Å². The highest BCUT2D eigenvalue weighted by Gasteiger charge is 2.24. The molecule has 0 aliphatic heterocycles. The molecular weight excluding hydrogens is 238 g/mol. The first kappa shape index (κ1) is 13.7. The predicted molar refractivity (Wildman–Crippen MR) is 67.3 cm³/mol. The van der Waals surface area contributed by atoms with Crippen molar-refractivity contribution < 1.29 is 9.59 Å². The van der Waals surface area contributed by atoms with Crippen molar-refractivity contribution in [2.45, 2.75) is 25.4 Å². The van der Waals surface area contributed by atoms with Crippen molar-refractivity contribution >= 4 is 23.2 Å². The largest absolute Gasteiger partial charge is 0.370 e. The van der Waals surface area contributed by atoms with Crippen LogP contribution in [0.1, 0.15) is 24.3 Å². The minimum atomic E-state index is -0.861. The minimum Gasteiger partial charge on any atom is -0.370 e. The molecule has 5 nitrogen and oxygen atoms in total. The van der Waals surface area contributed by atoms with Crippen LogP contribution in [0.3, 0.4) is 0 Å². The van der Waals surface area contributed by atoms with Crippen molar-refractivity contribution in [3.05, 3.63) is 22.4 Å². The molecule has 1 aromatic heterocycles. The molecule has 2 atom stereocenters. The molecule has 0 aromatic carbocycles. The fraction of sp³-hybridized carbons (Fsp3) is 0.455. The second kappa shape index (κ2) is 5.79. The van der Waals surface area contributed by atoms with Crippen molar-refractivity contribution in [2.75, 3.05) is 7.05 Å². The van der Waals surface area contributed by atoms with Gasteiger partial charge in [-0.25, -0.2) is 0 Å². The second-order valence-corrected chi connectivity index (χ2v) is 4.90. The summed E-state index contributed by atoms with van der Waals surface area (Å²) < 4.78 is 0. The van der Waals surface area contributed by atoms with Crippen LogP contribution < -0.4 is 11.5 Å². The molecule has 0 spiro atoms. The summed E-state index contributed by atoms with van der Waals surface area (Å²) in [6.07, 6.45) is -0.125. The first-order chi connectivity index (χ1) is 7.93. The summed E-state index contributed by atoms with van der Waals surface area (Å²) in [7, 11) is 1.67. The maximum absolute atomic E-state index is 11.9. The molecule has 6 heteroatoms. The van der Waals surface area contributed by atoms with Gasteiger partial charge >= 0.3 is 0 Å². The lowest BCUT2D eigenvalue weighted by Gasteiger charge is -2.26. The number of primary amides is 1. The lowest BCUT2D eigenvalue weighted by Crippen LogP contribution is -2.44. The van der Waals surface area contributed by atoms with Crippen LogP contribution in [0.5, 0.6) is 0 Å². The molecule has 94 valence electrons. The Hall–Kier alpha value is -1.40. The number of likely N-dealkylation sites (N-methyl/N-ethyl adjacent to an activating group) is 1. The van der Waals surface area contributed by atoms with Crippen molar-refractivity contribution in [2.24, 2.45) is 11.5 Å². The Labute approximate surface area is 104 Å². The van der Waals surface area contributed by atoms with Gasteiger partial charge in [-0.05, 0) is 18.4 Å². The SMILES string of the molecule is CC(c1cccs1)N(C)C(=O)C(N)CC(N)=O. The van der Waals surface area contributed by atoms with E-state index in [2.05, 4.69) is 0 Å². The fourth-order valence-electron chi connectivity index (χ4n) is 1.48. The van der Waals surface area contributed by atoms with Crippen molar-refractivity contribution in [1.29, 1.82) is 0 Å². The van der Waals surface area contributed by atoms with E-state index in [1.54, 1.807) is 23.3 Å². The van der Waals surface area contributed by atoms with E-state index in [0.29, 0.717) is 0 Å². The molecule has 0 saturated heterocycles. The molecule has 2 amide bonds. The fourth-order valence-corrected chi connectivity index (χ4v) is 2.30. The van der Waals surface area contributed by atoms with Gasteiger partial charge in [-0.1, -0.05) is 6.07 Å². The molecule has 1 heterocycles. The standard InChI is InChI=1S/C11H17N3O2S/c1-7(9-4-3-5-17-9)14(2)11(16)8(12)6-10(13)15/h3-5,7-8H,6,12H2,1-2H3,(H2,13,15). The molecule has 0 aliphatic rings. The summed E-state index contributed by atoms with van der Waals surface area (Å²) in [5, 5.41) is 1.95. The monoisotopic (exact) mass is 255 g/mol. The Morgan fingerprint density at radius 1 is 1.53 bits per heavy atom. The molecule has 17 heavy (non-hydrogen) atoms. The van der Waals surface area contributed by atoms with Crippen LogP contribution in [0.2, 0.25) is 0 Å². The zero-order valence-corrected chi connectivity index (χ0v) is 10.7. The molecule has 0 aliphatic carbocycles. The number of nitrogens with two attached hydrogens (primary N) is 2. The average molecular weight is 255 g/mol. The minimum absolute atomic E-state index is 0.0542. The van der Waals surface area contributed by atoms with Crippen LogP contribution in [0.25, 0.3) is 0 Å². The number of thiophene rings is 1. The molecule has 0 saturated carbocycles. The Kier molecular flexibility index (Phi) is 4.65. The topological polar surface area (TPSA) is 89.4 Å². The van der Waals surface area contributed by atoms with Gasteiger partial charge in [-0.2, -0.15) is 0 Å². The maximum atomic E-state index is 11.9. The molecular formula is C11H17N3O2S. The molecule has 0 bridgehead atoms. The van der Waals surface area contributed by atoms with E-state index >= 15 is 0 Å². The third-order valence-electron chi connectivity index (χ3n) is 2.62. The molecule has 2 unspecified atom stereocenters. The van der Waals surface area contributed by atoms with Crippen molar-refractivity contribution in [3.63, 3.8) is 0 Å². The van der Waals surface area contributed by atoms with E-state index in [-0.39, 0.29) is 18.4 Å². The summed E-state index contributed by atoms with van der Waals surface area (Å²) in [5.41, 5.74) is 10.6. The van der Waals surface area contributed by atoms with Crippen LogP contribution >= 0.6 is 11.3 Å². The Balaban J connectivity index is 2.66. The highest BCUT2D eigenvalue weighted by Crippen LogP contribution is 2.23. The molecule has 0 fully saturated rings. The number of carbonyl (C=O) groups excluding carboxylic acids is 2. The highest BCUT2D eigenvalue weighted by molar-refractivity contribution is 7.10. The summed E-state index contributed by atoms with van der Waals surface area (Å²) in [6, 6.07) is 2.97. The third kappa shape index (κ3) is 3.54. The van der Waals surface area contributed by atoms with Crippen molar-refractivity contribution in [3.8, 4) is 0 Å². The van der Waals surface area contributed by atoms with E-state index in [4.69, 9.17) is 11.5 Å². The van der Waals surface area contributed by atoms with E-state index in [9.17, 15) is 9.59 Å². The van der Waals surface area contributed by atoms with Crippen LogP contribution in [-0.2, 0) is 9.59 Å². The van der Waals surface area contributed by atoms with E-state index < -0.39 is 11.9 Å². The van der Waals surface area contributed by atoms with E-state index in [1.807, 2.05) is 24.4 Å². The van der Waals surface area contributed by atoms with Gasteiger partial charge < -0.3 is 16.4 Å². The summed E-state index contributed by atoms with van der Waals surface area (Å²) in [4.78, 5) is 25.2. The van der Waals surface area contributed by atoms with Gasteiger partial charge in [0.25, 0.3) is 0 Å². The number of hydrogen-bond acceptors (Lipinski definition) is 4. The number of nitrogens with zero attached hydrogens (tertiary/aromatic N) is 1. The normalized spacial score (nSPS) is 14.1. The Bertz CT molecular complexity index is 391. The van der Waals surface area contributed by atoms with Gasteiger partial charge in [-0.3, -0.25) is 9.59 Å². The smallest absolute Gasteiger partial charge is 0.240 e. The lowest BCUT2D eigenvalue weighted by atomic mass is 10.1. The van der Waals surface area contributed by atoms with Crippen LogP contribution in [-0.4, -0.2) is 29.8 Å². The number of carbonyl (C=O) groups is 2. The first-order valence-corrected chi connectivity index (χ1v) is 6.15. The number of hydrogen-bond donors (Lipinski definition) is 2. The lowest BCUT2D eigenvalue weighted by molar-refractivity contribution is -0.135. The summed E-state index contributed by atoms with van der Waals surface area (Å²) in [6.45, 7) is 1.92. The zero-order valence-electron chi connectivity index (χ0n) is 9.92. The van der Waals surface area contributed by atoms with Crippen molar-refractivity contribution in [1.82, 2.24) is 4.90 Å². The first-order valence-electron chi connectivity index (χ1n) is 5.27. The zero-order chi connectivity index (χ0) is 13.0. The van der Waals surface area contributed by atoms with Gasteiger partial charge in [0.2, 0.25) is 11.8 Å². The average Bonchev–Trinajstić information content (AvgIpc) is 2.78. The molecule has 1 rings (SSSR count). The number of amides is 2.